The van der Waals surface area contributed by atoms with Gasteiger partial charge >= 0.3 is 168 Å². The summed E-state index contributed by atoms with van der Waals surface area (Å²) in [6.07, 6.45) is 6.59. The first kappa shape index (κ1) is 17.0. The van der Waals surface area contributed by atoms with Gasteiger partial charge in [-0.3, -0.25) is 0 Å². The third-order valence-corrected chi connectivity index (χ3v) is 15.0. The molecule has 2 aliphatic carbocycles. The molecule has 0 amide bonds. The summed E-state index contributed by atoms with van der Waals surface area (Å²) < 4.78 is 7.64. The van der Waals surface area contributed by atoms with Crippen LogP contribution in [0.4, 0.5) is 0 Å². The van der Waals surface area contributed by atoms with Crippen LogP contribution in [-0.4, -0.2) is 17.5 Å². The Morgan fingerprint density at radius 1 is 0.607 bits per heavy atom. The molecule has 0 aromatic heterocycles. The molecule has 1 saturated heterocycles. The van der Waals surface area contributed by atoms with Gasteiger partial charge in [0.05, 0.1) is 0 Å². The van der Waals surface area contributed by atoms with Crippen molar-refractivity contribution in [1.82, 2.24) is 0 Å². The van der Waals surface area contributed by atoms with E-state index in [2.05, 4.69) is 91.0 Å². The first-order valence-corrected chi connectivity index (χ1v) is 13.1. The summed E-state index contributed by atoms with van der Waals surface area (Å²) in [7, 11) is 0. The maximum absolute atomic E-state index is 7.64. The number of hydrogen-bond donors (Lipinski definition) is 0. The molecule has 2 saturated carbocycles. The van der Waals surface area contributed by atoms with Crippen LogP contribution in [-0.2, 0) is 10.1 Å². The molecule has 1 heterocycles. The van der Waals surface area contributed by atoms with Crippen molar-refractivity contribution in [2.75, 3.05) is 6.16 Å². The fourth-order valence-electron chi connectivity index (χ4n) is 6.01. The van der Waals surface area contributed by atoms with Gasteiger partial charge in [0.25, 0.3) is 0 Å². The maximum atomic E-state index is 7.64. The zero-order valence-corrected chi connectivity index (χ0v) is 17.1. The molecule has 142 valence electrons. The van der Waals surface area contributed by atoms with E-state index >= 15 is 0 Å². The minimum atomic E-state index is -2.41. The fraction of sp³-hybridized carbons (Fsp3) is 0.308. The van der Waals surface area contributed by atoms with Crippen molar-refractivity contribution >= 4 is 12.1 Å². The van der Waals surface area contributed by atoms with Crippen molar-refractivity contribution in [3.63, 3.8) is 0 Å². The normalized spacial score (nSPS) is 25.8. The predicted octanol–water partition coefficient (Wildman–Crippen LogP) is 6.08. The third kappa shape index (κ3) is 2.10. The second-order valence-electron chi connectivity index (χ2n) is 8.97. The van der Waals surface area contributed by atoms with Crippen molar-refractivity contribution in [3.05, 3.63) is 102 Å². The zero-order chi connectivity index (χ0) is 18.7. The Balaban J connectivity index is 1.56. The van der Waals surface area contributed by atoms with Crippen LogP contribution in [0.25, 0.3) is 0 Å². The Hall–Kier alpha value is -1.95. The van der Waals surface area contributed by atoms with Crippen LogP contribution < -0.4 is 5.30 Å². The van der Waals surface area contributed by atoms with E-state index in [9.17, 15) is 0 Å². The topological polar surface area (TPSA) is 9.23 Å². The van der Waals surface area contributed by atoms with Crippen molar-refractivity contribution in [2.24, 2.45) is 0 Å². The molecule has 1 nitrogen and oxygen atoms in total. The average Bonchev–Trinajstić information content (AvgIpc) is 3.64. The molecule has 0 unspecified atom stereocenters. The van der Waals surface area contributed by atoms with Gasteiger partial charge in [-0.15, -0.1) is 0 Å². The van der Waals surface area contributed by atoms with Gasteiger partial charge in [0, 0.05) is 0 Å². The van der Waals surface area contributed by atoms with Crippen LogP contribution in [0, 0.1) is 0 Å². The van der Waals surface area contributed by atoms with Gasteiger partial charge in [-0.05, 0) is 0 Å². The Bertz CT molecular complexity index is 927. The number of hydrogen-bond acceptors (Lipinski definition) is 1. The molecule has 3 aromatic rings. The van der Waals surface area contributed by atoms with E-state index in [0.29, 0.717) is 0 Å². The Morgan fingerprint density at radius 2 is 1.00 bits per heavy atom. The Kier molecular flexibility index (Phi) is 3.50. The molecular formula is C26H27OP. The van der Waals surface area contributed by atoms with Crippen LogP contribution in [0.15, 0.2) is 91.0 Å². The van der Waals surface area contributed by atoms with E-state index in [1.807, 2.05) is 0 Å². The first-order valence-electron chi connectivity index (χ1n) is 10.7. The molecule has 0 atom stereocenters. The van der Waals surface area contributed by atoms with Crippen LogP contribution in [0.1, 0.15) is 36.8 Å². The molecule has 3 fully saturated rings. The monoisotopic (exact) mass is 386 g/mol. The van der Waals surface area contributed by atoms with Gasteiger partial charge in [0.1, 0.15) is 0 Å². The van der Waals surface area contributed by atoms with Crippen molar-refractivity contribution in [2.45, 2.75) is 42.6 Å². The predicted molar refractivity (Wildman–Crippen MR) is 119 cm³/mol. The molecule has 3 aromatic carbocycles. The van der Waals surface area contributed by atoms with Gasteiger partial charge < -0.3 is 0 Å². The van der Waals surface area contributed by atoms with E-state index in [-0.39, 0.29) is 5.60 Å². The van der Waals surface area contributed by atoms with Crippen molar-refractivity contribution in [3.8, 4) is 0 Å². The summed E-state index contributed by atoms with van der Waals surface area (Å²) in [4.78, 5) is 0. The van der Waals surface area contributed by atoms with Crippen LogP contribution in [0.3, 0.4) is 0 Å². The summed E-state index contributed by atoms with van der Waals surface area (Å²) in [5.41, 5.74) is 3.90. The molecular weight excluding hydrogens is 359 g/mol. The summed E-state index contributed by atoms with van der Waals surface area (Å²) in [5.74, 6) is 0. The minimum absolute atomic E-state index is 0.290. The van der Waals surface area contributed by atoms with Crippen LogP contribution in [0.5, 0.6) is 0 Å². The van der Waals surface area contributed by atoms with E-state index in [4.69, 9.17) is 4.52 Å². The third-order valence-electron chi connectivity index (χ3n) is 7.44. The molecule has 28 heavy (non-hydrogen) atoms. The molecule has 1 aliphatic heterocycles. The fourth-order valence-corrected chi connectivity index (χ4v) is 14.2. The summed E-state index contributed by atoms with van der Waals surface area (Å²) in [6.45, 7) is -2.41. The molecule has 2 heteroatoms. The summed E-state index contributed by atoms with van der Waals surface area (Å²) in [5, 5.41) is 1.54. The van der Waals surface area contributed by atoms with Crippen LogP contribution >= 0.6 is 6.83 Å². The van der Waals surface area contributed by atoms with Gasteiger partial charge in [0.2, 0.25) is 0 Å². The molecule has 0 radical (unpaired) electrons. The zero-order valence-electron chi connectivity index (χ0n) is 16.2. The Morgan fingerprint density at radius 3 is 1.39 bits per heavy atom. The van der Waals surface area contributed by atoms with E-state index in [1.165, 1.54) is 43.0 Å². The van der Waals surface area contributed by atoms with Gasteiger partial charge in [-0.25, -0.2) is 0 Å². The van der Waals surface area contributed by atoms with Crippen molar-refractivity contribution < 1.29 is 4.52 Å². The molecule has 0 bridgehead atoms. The SMILES string of the molecule is c1ccc(C2(c3ccccc3)CP(c3ccccc3)(C3CC3)(C3CC3)O2)cc1. The second kappa shape index (κ2) is 5.78. The molecule has 0 N–H and O–H groups in total. The summed E-state index contributed by atoms with van der Waals surface area (Å²) in [6, 6.07) is 33.3. The summed E-state index contributed by atoms with van der Waals surface area (Å²) >= 11 is 0. The average molecular weight is 386 g/mol. The van der Waals surface area contributed by atoms with E-state index < -0.39 is 6.83 Å². The molecule has 0 spiro atoms. The second-order valence-corrected chi connectivity index (χ2v) is 14.2. The molecule has 6 rings (SSSR count). The number of benzene rings is 3. The quantitative estimate of drug-likeness (QED) is 0.483. The molecule has 3 aliphatic rings. The van der Waals surface area contributed by atoms with E-state index in [0.717, 1.165) is 11.3 Å². The van der Waals surface area contributed by atoms with Gasteiger partial charge in [-0.1, -0.05) is 0 Å². The van der Waals surface area contributed by atoms with Gasteiger partial charge in [0.15, 0.2) is 0 Å². The Labute approximate surface area is 167 Å². The van der Waals surface area contributed by atoms with E-state index in [1.54, 1.807) is 5.30 Å². The standard InChI is InChI=1S/C26H27OP/c1-4-10-21(11-5-1)26(22-12-6-2-7-13-22)20-28(27-26,24-16-17-24,25-18-19-25)23-14-8-3-9-15-23/h1-15,24-25H,16-20H2. The van der Waals surface area contributed by atoms with Gasteiger partial charge in [-0.2, -0.15) is 0 Å². The van der Waals surface area contributed by atoms with Crippen molar-refractivity contribution in [1.29, 1.82) is 0 Å². The first-order chi connectivity index (χ1) is 13.8. The number of rotatable bonds is 5. The van der Waals surface area contributed by atoms with Crippen LogP contribution in [0.2, 0.25) is 0 Å².